The summed E-state index contributed by atoms with van der Waals surface area (Å²) in [5, 5.41) is 9.17. The maximum atomic E-state index is 13.1. The molecule has 0 aliphatic carbocycles. The first-order valence-electron chi connectivity index (χ1n) is 12.9. The first-order valence-corrected chi connectivity index (χ1v) is 13.8. The quantitative estimate of drug-likeness (QED) is 0.186. The van der Waals surface area contributed by atoms with E-state index in [9.17, 15) is 18.4 Å². The molecule has 2 heterocycles. The standard InChI is InChI=1S/C30H33F2N5O2S/c1-6-8-26(38)34-20-9-7-10-21(16-20)37-23-12-11-19(17-33-18(2)30(3,4)5)15-22(23)35-29(37)36-28(39)25-14-13-24(40-25)27(31)32/h6-16,18,27,33H,17H2,1-5H3,(H,34,38)(H,35,36,39)/b8-6+/t18-/m0/s1. The van der Waals surface area contributed by atoms with Crippen molar-refractivity contribution in [2.24, 2.45) is 5.41 Å². The molecule has 4 rings (SSSR count). The molecule has 2 aromatic carbocycles. The number of rotatable bonds is 9. The van der Waals surface area contributed by atoms with E-state index in [1.807, 2.05) is 24.3 Å². The number of amides is 2. The highest BCUT2D eigenvalue weighted by Crippen LogP contribution is 2.30. The van der Waals surface area contributed by atoms with Crippen molar-refractivity contribution in [3.05, 3.63) is 82.1 Å². The van der Waals surface area contributed by atoms with Gasteiger partial charge in [-0.15, -0.1) is 11.3 Å². The number of nitrogens with zero attached hydrogens (tertiary/aromatic N) is 2. The van der Waals surface area contributed by atoms with Gasteiger partial charge < -0.3 is 10.6 Å². The van der Waals surface area contributed by atoms with Crippen LogP contribution in [0.15, 0.2) is 66.7 Å². The van der Waals surface area contributed by atoms with Gasteiger partial charge in [-0.2, -0.15) is 0 Å². The molecule has 4 aromatic rings. The molecule has 2 amide bonds. The van der Waals surface area contributed by atoms with Gasteiger partial charge in [0.1, 0.15) is 0 Å². The zero-order valence-electron chi connectivity index (χ0n) is 23.1. The molecule has 0 spiro atoms. The van der Waals surface area contributed by atoms with Crippen LogP contribution in [0, 0.1) is 5.41 Å². The number of anilines is 2. The number of nitrogens with one attached hydrogen (secondary N) is 3. The van der Waals surface area contributed by atoms with Crippen LogP contribution in [0.1, 0.15) is 61.2 Å². The summed E-state index contributed by atoms with van der Waals surface area (Å²) in [5.74, 6) is -0.568. The fourth-order valence-corrected chi connectivity index (χ4v) is 4.73. The number of thiophene rings is 1. The molecule has 0 saturated heterocycles. The van der Waals surface area contributed by atoms with Crippen LogP contribution < -0.4 is 16.0 Å². The molecular weight excluding hydrogens is 532 g/mol. The summed E-state index contributed by atoms with van der Waals surface area (Å²) >= 11 is 0.743. The van der Waals surface area contributed by atoms with E-state index in [1.54, 1.807) is 35.8 Å². The number of benzene rings is 2. The lowest BCUT2D eigenvalue weighted by atomic mass is 9.88. The van der Waals surface area contributed by atoms with Crippen molar-refractivity contribution in [1.82, 2.24) is 14.9 Å². The summed E-state index contributed by atoms with van der Waals surface area (Å²) in [7, 11) is 0. The van der Waals surface area contributed by atoms with Gasteiger partial charge in [0.2, 0.25) is 11.9 Å². The summed E-state index contributed by atoms with van der Waals surface area (Å²) < 4.78 is 28.0. The fraction of sp³-hybridized carbons (Fsp3) is 0.300. The Kier molecular flexibility index (Phi) is 8.80. The number of hydrogen-bond donors (Lipinski definition) is 3. The minimum atomic E-state index is -2.65. The van der Waals surface area contributed by atoms with Gasteiger partial charge in [-0.1, -0.05) is 39.0 Å². The molecule has 0 saturated carbocycles. The van der Waals surface area contributed by atoms with Crippen LogP contribution in [0.5, 0.6) is 0 Å². The average Bonchev–Trinajstić information content (AvgIpc) is 3.52. The smallest absolute Gasteiger partial charge is 0.272 e. The van der Waals surface area contributed by atoms with Gasteiger partial charge in [-0.05, 0) is 73.4 Å². The minimum absolute atomic E-state index is 0.0997. The highest BCUT2D eigenvalue weighted by Gasteiger charge is 2.21. The van der Waals surface area contributed by atoms with Gasteiger partial charge in [0.25, 0.3) is 12.3 Å². The largest absolute Gasteiger partial charge is 0.322 e. The predicted octanol–water partition coefficient (Wildman–Crippen LogP) is 7.32. The number of carbonyl (C=O) groups excluding carboxylic acids is 2. The molecule has 0 bridgehead atoms. The molecule has 0 fully saturated rings. The van der Waals surface area contributed by atoms with Gasteiger partial charge in [0.05, 0.1) is 26.5 Å². The van der Waals surface area contributed by atoms with E-state index in [4.69, 9.17) is 4.98 Å². The first-order chi connectivity index (χ1) is 19.0. The Bertz CT molecular complexity index is 1550. The van der Waals surface area contributed by atoms with Gasteiger partial charge >= 0.3 is 0 Å². The zero-order chi connectivity index (χ0) is 29.0. The Morgan fingerprint density at radius 3 is 2.52 bits per heavy atom. The van der Waals surface area contributed by atoms with Crippen molar-refractivity contribution in [1.29, 1.82) is 0 Å². The lowest BCUT2D eigenvalue weighted by Gasteiger charge is -2.28. The lowest BCUT2D eigenvalue weighted by molar-refractivity contribution is -0.111. The van der Waals surface area contributed by atoms with E-state index < -0.39 is 12.3 Å². The number of halogens is 2. The third-order valence-electron chi connectivity index (χ3n) is 6.61. The molecule has 0 unspecified atom stereocenters. The van der Waals surface area contributed by atoms with E-state index in [2.05, 4.69) is 43.6 Å². The number of imidazole rings is 1. The summed E-state index contributed by atoms with van der Waals surface area (Å²) in [4.78, 5) is 29.9. The molecule has 0 aliphatic rings. The van der Waals surface area contributed by atoms with Gasteiger partial charge in [-0.3, -0.25) is 19.5 Å². The van der Waals surface area contributed by atoms with E-state index in [0.717, 1.165) is 22.4 Å². The topological polar surface area (TPSA) is 88.1 Å². The van der Waals surface area contributed by atoms with E-state index in [1.165, 1.54) is 18.2 Å². The van der Waals surface area contributed by atoms with Crippen molar-refractivity contribution in [3.63, 3.8) is 0 Å². The molecule has 10 heteroatoms. The zero-order valence-corrected chi connectivity index (χ0v) is 23.9. The van der Waals surface area contributed by atoms with Crippen LogP contribution in [0.25, 0.3) is 16.7 Å². The van der Waals surface area contributed by atoms with Crippen LogP contribution in [-0.2, 0) is 11.3 Å². The molecule has 0 aliphatic heterocycles. The van der Waals surface area contributed by atoms with Gasteiger partial charge in [0.15, 0.2) is 0 Å². The second kappa shape index (κ2) is 12.1. The van der Waals surface area contributed by atoms with Gasteiger partial charge in [-0.25, -0.2) is 13.8 Å². The molecule has 1 atom stereocenters. The average molecular weight is 566 g/mol. The fourth-order valence-electron chi connectivity index (χ4n) is 3.97. The molecule has 7 nitrogen and oxygen atoms in total. The molecule has 210 valence electrons. The van der Waals surface area contributed by atoms with Crippen LogP contribution in [0.2, 0.25) is 0 Å². The third kappa shape index (κ3) is 6.81. The van der Waals surface area contributed by atoms with Crippen LogP contribution in [0.3, 0.4) is 0 Å². The van der Waals surface area contributed by atoms with Crippen molar-refractivity contribution in [3.8, 4) is 5.69 Å². The van der Waals surface area contributed by atoms with E-state index in [0.29, 0.717) is 23.4 Å². The van der Waals surface area contributed by atoms with Crippen molar-refractivity contribution < 1.29 is 18.4 Å². The summed E-state index contributed by atoms with van der Waals surface area (Å²) in [6.45, 7) is 11.1. The van der Waals surface area contributed by atoms with Crippen molar-refractivity contribution in [2.75, 3.05) is 10.6 Å². The number of fused-ring (bicyclic) bond motifs is 1. The highest BCUT2D eigenvalue weighted by molar-refractivity contribution is 7.14. The number of hydrogen-bond acceptors (Lipinski definition) is 5. The number of allylic oxidation sites excluding steroid dienone is 1. The van der Waals surface area contributed by atoms with Gasteiger partial charge in [0, 0.05) is 18.3 Å². The minimum Gasteiger partial charge on any atom is -0.322 e. The maximum absolute atomic E-state index is 13.1. The normalized spacial score (nSPS) is 12.8. The third-order valence-corrected chi connectivity index (χ3v) is 7.70. The summed E-state index contributed by atoms with van der Waals surface area (Å²) in [6, 6.07) is 16.0. The summed E-state index contributed by atoms with van der Waals surface area (Å²) in [5.41, 5.74) is 3.74. The first kappa shape index (κ1) is 29.1. The van der Waals surface area contributed by atoms with Crippen LogP contribution in [0.4, 0.5) is 20.4 Å². The highest BCUT2D eigenvalue weighted by atomic mass is 32.1. The molecule has 0 radical (unpaired) electrons. The van der Waals surface area contributed by atoms with Crippen molar-refractivity contribution in [2.45, 2.75) is 53.6 Å². The monoisotopic (exact) mass is 565 g/mol. The van der Waals surface area contributed by atoms with Crippen LogP contribution >= 0.6 is 11.3 Å². The Hall–Kier alpha value is -3.89. The van der Waals surface area contributed by atoms with Crippen LogP contribution in [-0.4, -0.2) is 27.4 Å². The maximum Gasteiger partial charge on any atom is 0.272 e. The lowest BCUT2D eigenvalue weighted by Crippen LogP contribution is -2.37. The second-order valence-electron chi connectivity index (χ2n) is 10.6. The molecule has 3 N–H and O–H groups in total. The Morgan fingerprint density at radius 2 is 1.85 bits per heavy atom. The Labute approximate surface area is 236 Å². The number of aromatic nitrogens is 2. The molecule has 40 heavy (non-hydrogen) atoms. The summed E-state index contributed by atoms with van der Waals surface area (Å²) in [6.07, 6.45) is 0.426. The molecule has 2 aromatic heterocycles. The number of carbonyl (C=O) groups is 2. The Balaban J connectivity index is 1.73. The number of alkyl halides is 2. The molecular formula is C30H33F2N5O2S. The Morgan fingerprint density at radius 1 is 1.07 bits per heavy atom. The SMILES string of the molecule is C/C=C/C(=O)Nc1cccc(-n2c(NC(=O)c3ccc(C(F)F)s3)nc3cc(CN[C@@H](C)C(C)(C)C)ccc32)c1. The van der Waals surface area contributed by atoms with Crippen molar-refractivity contribution >= 4 is 45.8 Å². The predicted molar refractivity (Wildman–Crippen MR) is 157 cm³/mol. The second-order valence-corrected chi connectivity index (χ2v) is 11.7. The van der Waals surface area contributed by atoms with E-state index in [-0.39, 0.29) is 33.1 Å². The van der Waals surface area contributed by atoms with E-state index >= 15 is 0 Å².